The maximum atomic E-state index is 13.0. The van der Waals surface area contributed by atoms with Gasteiger partial charge >= 0.3 is 6.61 Å². The van der Waals surface area contributed by atoms with Crippen LogP contribution in [-0.4, -0.2) is 41.1 Å². The lowest BCUT2D eigenvalue weighted by atomic mass is 9.89. The number of nitrogens with zero attached hydrogens (tertiary/aromatic N) is 3. The van der Waals surface area contributed by atoms with E-state index in [9.17, 15) is 18.4 Å². The number of hydrazone groups is 1. The van der Waals surface area contributed by atoms with Crippen molar-refractivity contribution in [2.75, 3.05) is 7.11 Å². The predicted molar refractivity (Wildman–Crippen MR) is 132 cm³/mol. The van der Waals surface area contributed by atoms with Crippen LogP contribution in [0.25, 0.3) is 0 Å². The minimum atomic E-state index is -3.03. The molecule has 2 atom stereocenters. The van der Waals surface area contributed by atoms with Crippen LogP contribution in [0.2, 0.25) is 0 Å². The molecular weight excluding hydrogens is 482 g/mol. The highest BCUT2D eigenvalue weighted by Gasteiger charge is 2.33. The molecule has 37 heavy (non-hydrogen) atoms. The number of halogens is 2. The van der Waals surface area contributed by atoms with Crippen LogP contribution in [0.4, 0.5) is 8.78 Å². The number of amides is 1. The van der Waals surface area contributed by atoms with Crippen LogP contribution in [0, 0.1) is 5.92 Å². The van der Waals surface area contributed by atoms with E-state index in [-0.39, 0.29) is 35.5 Å². The first kappa shape index (κ1) is 25.9. The Kier molecular flexibility index (Phi) is 7.88. The van der Waals surface area contributed by atoms with Crippen LogP contribution in [-0.2, 0) is 4.79 Å². The number of rotatable bonds is 9. The fourth-order valence-corrected chi connectivity index (χ4v) is 4.16. The van der Waals surface area contributed by atoms with Gasteiger partial charge in [-0.1, -0.05) is 31.2 Å². The number of carbonyl (C=O) groups excluding carboxylic acids is 2. The van der Waals surface area contributed by atoms with Crippen molar-refractivity contribution in [2.24, 2.45) is 16.8 Å². The van der Waals surface area contributed by atoms with E-state index in [1.807, 2.05) is 6.92 Å². The molecule has 2 aromatic carbocycles. The molecule has 1 aromatic heterocycles. The van der Waals surface area contributed by atoms with Gasteiger partial charge in [0.25, 0.3) is 0 Å². The topological polar surface area (TPSA) is 107 Å². The van der Waals surface area contributed by atoms with E-state index in [2.05, 4.69) is 14.8 Å². The number of hydrogen-bond acceptors (Lipinski definition) is 7. The molecule has 192 valence electrons. The smallest absolute Gasteiger partial charge is 0.387 e. The number of benzene rings is 2. The molecule has 0 aliphatic carbocycles. The highest BCUT2D eigenvalue weighted by Crippen LogP contribution is 2.34. The molecule has 2 N–H and O–H groups in total. The molecular formula is C27H26F2N4O4. The molecule has 2 heterocycles. The summed E-state index contributed by atoms with van der Waals surface area (Å²) in [7, 11) is 1.36. The number of ether oxygens (including phenoxy) is 2. The van der Waals surface area contributed by atoms with Gasteiger partial charge in [-0.15, -0.1) is 0 Å². The van der Waals surface area contributed by atoms with E-state index < -0.39 is 12.8 Å². The second-order valence-electron chi connectivity index (χ2n) is 8.41. The van der Waals surface area contributed by atoms with Crippen LogP contribution in [0.15, 0.2) is 72.1 Å². The van der Waals surface area contributed by atoms with E-state index in [0.29, 0.717) is 34.4 Å². The van der Waals surface area contributed by atoms with Crippen molar-refractivity contribution in [2.45, 2.75) is 32.5 Å². The Morgan fingerprint density at radius 1 is 1.14 bits per heavy atom. The molecule has 2 unspecified atom stereocenters. The predicted octanol–water partition coefficient (Wildman–Crippen LogP) is 4.54. The summed E-state index contributed by atoms with van der Waals surface area (Å²) in [5.74, 6) is -0.665. The molecule has 4 rings (SSSR count). The summed E-state index contributed by atoms with van der Waals surface area (Å²) in [6.45, 7) is -1.11. The van der Waals surface area contributed by atoms with Gasteiger partial charge < -0.3 is 15.2 Å². The number of methoxy groups -OCH3 is 1. The third-order valence-electron chi connectivity index (χ3n) is 6.15. The van der Waals surface area contributed by atoms with Gasteiger partial charge in [-0.05, 0) is 42.3 Å². The zero-order valence-corrected chi connectivity index (χ0v) is 20.3. The molecule has 1 amide bonds. The number of pyridine rings is 1. The first-order valence-electron chi connectivity index (χ1n) is 11.7. The van der Waals surface area contributed by atoms with Gasteiger partial charge in [-0.2, -0.15) is 13.9 Å². The SMILES string of the molecule is CCC1CC(=O)N(C(N)c2ccc(C(=O)c3cccnc3)cc2)N=C1c1ccc(OC)c(OC(F)F)c1. The normalized spacial score (nSPS) is 16.4. The monoisotopic (exact) mass is 508 g/mol. The fourth-order valence-electron chi connectivity index (χ4n) is 4.16. The van der Waals surface area contributed by atoms with Gasteiger partial charge in [-0.25, -0.2) is 5.01 Å². The molecule has 3 aromatic rings. The van der Waals surface area contributed by atoms with E-state index in [1.165, 1.54) is 30.4 Å². The summed E-state index contributed by atoms with van der Waals surface area (Å²) in [5, 5.41) is 5.75. The molecule has 0 saturated carbocycles. The minimum absolute atomic E-state index is 0.130. The Morgan fingerprint density at radius 3 is 2.51 bits per heavy atom. The van der Waals surface area contributed by atoms with Crippen molar-refractivity contribution in [1.82, 2.24) is 9.99 Å². The lowest BCUT2D eigenvalue weighted by molar-refractivity contribution is -0.135. The zero-order valence-electron chi connectivity index (χ0n) is 20.3. The number of nitrogens with two attached hydrogens (primary N) is 1. The van der Waals surface area contributed by atoms with Gasteiger partial charge in [0.15, 0.2) is 17.3 Å². The Bertz CT molecular complexity index is 1300. The van der Waals surface area contributed by atoms with Gasteiger partial charge in [0.05, 0.1) is 12.8 Å². The summed E-state index contributed by atoms with van der Waals surface area (Å²) in [6, 6.07) is 14.6. The first-order valence-corrected chi connectivity index (χ1v) is 11.7. The summed E-state index contributed by atoms with van der Waals surface area (Å²) < 4.78 is 35.6. The van der Waals surface area contributed by atoms with Crippen LogP contribution < -0.4 is 15.2 Å². The quantitative estimate of drug-likeness (QED) is 0.425. The zero-order chi connectivity index (χ0) is 26.5. The van der Waals surface area contributed by atoms with Gasteiger partial charge in [-0.3, -0.25) is 14.6 Å². The van der Waals surface area contributed by atoms with E-state index in [1.54, 1.807) is 48.7 Å². The Balaban J connectivity index is 1.63. The molecule has 0 bridgehead atoms. The minimum Gasteiger partial charge on any atom is -0.493 e. The third kappa shape index (κ3) is 5.64. The highest BCUT2D eigenvalue weighted by atomic mass is 19.3. The third-order valence-corrected chi connectivity index (χ3v) is 6.15. The average Bonchev–Trinajstić information content (AvgIpc) is 2.92. The van der Waals surface area contributed by atoms with Gasteiger partial charge in [0, 0.05) is 41.4 Å². The molecule has 8 nitrogen and oxygen atoms in total. The largest absolute Gasteiger partial charge is 0.493 e. The summed E-state index contributed by atoms with van der Waals surface area (Å²) in [6.07, 6.45) is 2.92. The molecule has 10 heteroatoms. The lowest BCUT2D eigenvalue weighted by Crippen LogP contribution is -2.42. The van der Waals surface area contributed by atoms with Crippen LogP contribution >= 0.6 is 0 Å². The van der Waals surface area contributed by atoms with E-state index >= 15 is 0 Å². The number of ketones is 1. The Labute approximate surface area is 212 Å². The molecule has 1 aliphatic rings. The summed E-state index contributed by atoms with van der Waals surface area (Å²) in [5.41, 5.74) is 8.96. The van der Waals surface area contributed by atoms with E-state index in [0.717, 1.165) is 0 Å². The van der Waals surface area contributed by atoms with Crippen LogP contribution in [0.5, 0.6) is 11.5 Å². The number of aromatic nitrogens is 1. The number of alkyl halides is 2. The van der Waals surface area contributed by atoms with Crippen molar-refractivity contribution < 1.29 is 27.8 Å². The Hall–Kier alpha value is -4.18. The number of carbonyl (C=O) groups is 2. The highest BCUT2D eigenvalue weighted by molar-refractivity contribution is 6.09. The van der Waals surface area contributed by atoms with Crippen molar-refractivity contribution in [3.63, 3.8) is 0 Å². The molecule has 0 saturated heterocycles. The Morgan fingerprint density at radius 2 is 1.89 bits per heavy atom. The van der Waals surface area contributed by atoms with Gasteiger partial charge in [0.2, 0.25) is 5.91 Å². The van der Waals surface area contributed by atoms with Crippen molar-refractivity contribution in [3.8, 4) is 11.5 Å². The second kappa shape index (κ2) is 11.3. The first-order chi connectivity index (χ1) is 17.8. The molecule has 0 spiro atoms. The van der Waals surface area contributed by atoms with Crippen molar-refractivity contribution in [3.05, 3.63) is 89.2 Å². The summed E-state index contributed by atoms with van der Waals surface area (Å²) in [4.78, 5) is 29.6. The lowest BCUT2D eigenvalue weighted by Gasteiger charge is -2.33. The second-order valence-corrected chi connectivity index (χ2v) is 8.41. The maximum Gasteiger partial charge on any atom is 0.387 e. The maximum absolute atomic E-state index is 13.0. The molecule has 0 fully saturated rings. The standard InChI is InChI=1S/C27H26F2N4O4/c1-3-16-14-23(34)33(32-24(16)19-10-11-21(36-2)22(13-19)37-27(28)29)26(30)18-8-6-17(7-9-18)25(35)20-5-4-12-31-15-20/h4-13,15-16,26-27H,3,14,30H2,1-2H3. The van der Waals surface area contributed by atoms with Crippen molar-refractivity contribution in [1.29, 1.82) is 0 Å². The average molecular weight is 509 g/mol. The summed E-state index contributed by atoms with van der Waals surface area (Å²) >= 11 is 0. The fraction of sp³-hybridized carbons (Fsp3) is 0.259. The van der Waals surface area contributed by atoms with Crippen molar-refractivity contribution >= 4 is 17.4 Å². The van der Waals surface area contributed by atoms with Crippen LogP contribution in [0.1, 0.15) is 53.0 Å². The molecule has 1 aliphatic heterocycles. The van der Waals surface area contributed by atoms with Crippen LogP contribution in [0.3, 0.4) is 0 Å². The van der Waals surface area contributed by atoms with E-state index in [4.69, 9.17) is 10.5 Å². The molecule has 0 radical (unpaired) electrons. The van der Waals surface area contributed by atoms with Gasteiger partial charge in [0.1, 0.15) is 6.17 Å². The number of hydrogen-bond donors (Lipinski definition) is 1.